The molecule has 0 aliphatic carbocycles. The monoisotopic (exact) mass is 241 g/mol. The molecule has 0 bridgehead atoms. The van der Waals surface area contributed by atoms with Gasteiger partial charge in [0.1, 0.15) is 0 Å². The Balaban J connectivity index is 1.87. The van der Waals surface area contributed by atoms with Crippen LogP contribution in [0.3, 0.4) is 0 Å². The fourth-order valence-corrected chi connectivity index (χ4v) is 3.17. The summed E-state index contributed by atoms with van der Waals surface area (Å²) >= 11 is 0. The molecule has 2 fully saturated rings. The SMILES string of the molecule is CN1CCC(C(CC2COCCN2)N(C)C)C1. The van der Waals surface area contributed by atoms with Crippen LogP contribution in [0, 0.1) is 5.92 Å². The van der Waals surface area contributed by atoms with Gasteiger partial charge < -0.3 is 19.9 Å². The Bertz CT molecular complexity index is 229. The van der Waals surface area contributed by atoms with Crippen LogP contribution in [0.4, 0.5) is 0 Å². The molecular weight excluding hydrogens is 214 g/mol. The van der Waals surface area contributed by atoms with Crippen molar-refractivity contribution >= 4 is 0 Å². The molecule has 2 saturated heterocycles. The summed E-state index contributed by atoms with van der Waals surface area (Å²) in [5.74, 6) is 0.818. The Morgan fingerprint density at radius 3 is 2.82 bits per heavy atom. The average molecular weight is 241 g/mol. The van der Waals surface area contributed by atoms with E-state index in [0.717, 1.165) is 25.7 Å². The molecule has 0 radical (unpaired) electrons. The number of nitrogens with one attached hydrogen (secondary N) is 1. The van der Waals surface area contributed by atoms with E-state index in [1.54, 1.807) is 0 Å². The van der Waals surface area contributed by atoms with E-state index < -0.39 is 0 Å². The van der Waals surface area contributed by atoms with E-state index in [1.807, 2.05) is 0 Å². The predicted octanol–water partition coefficient (Wildman–Crippen LogP) is 0.247. The van der Waals surface area contributed by atoms with Crippen molar-refractivity contribution in [2.45, 2.75) is 24.9 Å². The van der Waals surface area contributed by atoms with Gasteiger partial charge in [0.25, 0.3) is 0 Å². The molecule has 100 valence electrons. The fourth-order valence-electron chi connectivity index (χ4n) is 3.17. The van der Waals surface area contributed by atoms with Crippen LogP contribution < -0.4 is 5.32 Å². The van der Waals surface area contributed by atoms with Crippen LogP contribution in [0.1, 0.15) is 12.8 Å². The normalized spacial score (nSPS) is 33.2. The van der Waals surface area contributed by atoms with Gasteiger partial charge in [-0.15, -0.1) is 0 Å². The van der Waals surface area contributed by atoms with Crippen LogP contribution in [0.15, 0.2) is 0 Å². The maximum atomic E-state index is 5.56. The van der Waals surface area contributed by atoms with Gasteiger partial charge in [-0.2, -0.15) is 0 Å². The highest BCUT2D eigenvalue weighted by atomic mass is 16.5. The van der Waals surface area contributed by atoms with Crippen molar-refractivity contribution in [1.82, 2.24) is 15.1 Å². The Hall–Kier alpha value is -0.160. The molecule has 2 aliphatic rings. The van der Waals surface area contributed by atoms with E-state index in [2.05, 4.69) is 36.3 Å². The van der Waals surface area contributed by atoms with E-state index in [1.165, 1.54) is 25.9 Å². The molecule has 3 atom stereocenters. The molecule has 4 heteroatoms. The standard InChI is InChI=1S/C13H27N3O/c1-15(2)13(11-4-6-16(3)9-11)8-12-10-17-7-5-14-12/h11-14H,4-10H2,1-3H3. The lowest BCUT2D eigenvalue weighted by molar-refractivity contribution is 0.0587. The molecule has 1 N–H and O–H groups in total. The number of hydrogen-bond acceptors (Lipinski definition) is 4. The lowest BCUT2D eigenvalue weighted by Gasteiger charge is -2.34. The van der Waals surface area contributed by atoms with Crippen LogP contribution in [-0.4, -0.2) is 75.9 Å². The van der Waals surface area contributed by atoms with Crippen LogP contribution in [-0.2, 0) is 4.74 Å². The minimum Gasteiger partial charge on any atom is -0.379 e. The minimum atomic E-state index is 0.544. The Morgan fingerprint density at radius 1 is 1.47 bits per heavy atom. The van der Waals surface area contributed by atoms with Crippen LogP contribution in [0.25, 0.3) is 0 Å². The van der Waals surface area contributed by atoms with Crippen molar-refractivity contribution in [3.05, 3.63) is 0 Å². The highest BCUT2D eigenvalue weighted by molar-refractivity contribution is 4.87. The third kappa shape index (κ3) is 3.65. The van der Waals surface area contributed by atoms with Gasteiger partial charge >= 0.3 is 0 Å². The first kappa shape index (κ1) is 13.3. The van der Waals surface area contributed by atoms with Crippen molar-refractivity contribution in [2.24, 2.45) is 5.92 Å². The second kappa shape index (κ2) is 6.14. The number of hydrogen-bond donors (Lipinski definition) is 1. The molecule has 2 heterocycles. The molecule has 0 aromatic carbocycles. The van der Waals surface area contributed by atoms with Crippen molar-refractivity contribution in [3.63, 3.8) is 0 Å². The summed E-state index contributed by atoms with van der Waals surface area (Å²) in [5, 5.41) is 3.57. The summed E-state index contributed by atoms with van der Waals surface area (Å²) in [6.45, 7) is 5.26. The van der Waals surface area contributed by atoms with E-state index in [9.17, 15) is 0 Å². The smallest absolute Gasteiger partial charge is 0.0620 e. The highest BCUT2D eigenvalue weighted by Crippen LogP contribution is 2.24. The molecular formula is C13H27N3O. The third-order valence-corrected chi connectivity index (χ3v) is 4.16. The first-order chi connectivity index (χ1) is 8.16. The lowest BCUT2D eigenvalue weighted by Crippen LogP contribution is -2.47. The van der Waals surface area contributed by atoms with Gasteiger partial charge in [-0.1, -0.05) is 0 Å². The van der Waals surface area contributed by atoms with Crippen molar-refractivity contribution in [2.75, 3.05) is 54.0 Å². The van der Waals surface area contributed by atoms with E-state index in [0.29, 0.717) is 12.1 Å². The van der Waals surface area contributed by atoms with Gasteiger partial charge in [0, 0.05) is 25.2 Å². The number of rotatable bonds is 4. The Kier molecular flexibility index (Phi) is 4.79. The summed E-state index contributed by atoms with van der Waals surface area (Å²) in [5.41, 5.74) is 0. The molecule has 2 rings (SSSR count). The number of likely N-dealkylation sites (tertiary alicyclic amines) is 1. The number of morpholine rings is 1. The first-order valence-corrected chi connectivity index (χ1v) is 6.83. The van der Waals surface area contributed by atoms with E-state index >= 15 is 0 Å². The molecule has 2 aliphatic heterocycles. The molecule has 0 spiro atoms. The molecule has 0 saturated carbocycles. The summed E-state index contributed by atoms with van der Waals surface area (Å²) in [6, 6.07) is 1.22. The zero-order chi connectivity index (χ0) is 12.3. The van der Waals surface area contributed by atoms with Gasteiger partial charge in [0.05, 0.1) is 13.2 Å². The van der Waals surface area contributed by atoms with Crippen LogP contribution in [0.2, 0.25) is 0 Å². The average Bonchev–Trinajstić information content (AvgIpc) is 2.73. The van der Waals surface area contributed by atoms with Crippen molar-refractivity contribution in [3.8, 4) is 0 Å². The topological polar surface area (TPSA) is 27.7 Å². The second-order valence-corrected chi connectivity index (χ2v) is 5.80. The Morgan fingerprint density at radius 2 is 2.29 bits per heavy atom. The molecule has 0 aromatic rings. The van der Waals surface area contributed by atoms with Crippen LogP contribution >= 0.6 is 0 Å². The maximum absolute atomic E-state index is 5.56. The summed E-state index contributed by atoms with van der Waals surface area (Å²) < 4.78 is 5.56. The molecule has 17 heavy (non-hydrogen) atoms. The quantitative estimate of drug-likeness (QED) is 0.763. The highest BCUT2D eigenvalue weighted by Gasteiger charge is 2.31. The molecule has 0 aromatic heterocycles. The molecule has 3 unspecified atom stereocenters. The molecule has 0 amide bonds. The zero-order valence-electron chi connectivity index (χ0n) is 11.5. The third-order valence-electron chi connectivity index (χ3n) is 4.16. The number of nitrogens with zero attached hydrogens (tertiary/aromatic N) is 2. The predicted molar refractivity (Wildman–Crippen MR) is 70.3 cm³/mol. The first-order valence-electron chi connectivity index (χ1n) is 6.83. The van der Waals surface area contributed by atoms with Crippen molar-refractivity contribution < 1.29 is 4.74 Å². The maximum Gasteiger partial charge on any atom is 0.0620 e. The van der Waals surface area contributed by atoms with Gasteiger partial charge in [0.15, 0.2) is 0 Å². The van der Waals surface area contributed by atoms with Gasteiger partial charge in [0.2, 0.25) is 0 Å². The lowest BCUT2D eigenvalue weighted by atomic mass is 9.92. The van der Waals surface area contributed by atoms with Gasteiger partial charge in [-0.25, -0.2) is 0 Å². The second-order valence-electron chi connectivity index (χ2n) is 5.80. The number of ether oxygens (including phenoxy) is 1. The summed E-state index contributed by atoms with van der Waals surface area (Å²) in [4.78, 5) is 4.85. The van der Waals surface area contributed by atoms with E-state index in [-0.39, 0.29) is 0 Å². The fraction of sp³-hybridized carbons (Fsp3) is 1.00. The zero-order valence-corrected chi connectivity index (χ0v) is 11.5. The van der Waals surface area contributed by atoms with Gasteiger partial charge in [-0.3, -0.25) is 0 Å². The van der Waals surface area contributed by atoms with Crippen LogP contribution in [0.5, 0.6) is 0 Å². The Labute approximate surface area is 105 Å². The summed E-state index contributed by atoms with van der Waals surface area (Å²) in [7, 11) is 6.66. The molecule has 4 nitrogen and oxygen atoms in total. The van der Waals surface area contributed by atoms with Gasteiger partial charge in [-0.05, 0) is 46.4 Å². The summed E-state index contributed by atoms with van der Waals surface area (Å²) in [6.07, 6.45) is 2.55. The minimum absolute atomic E-state index is 0.544. The largest absolute Gasteiger partial charge is 0.379 e. The van der Waals surface area contributed by atoms with E-state index in [4.69, 9.17) is 4.74 Å². The van der Waals surface area contributed by atoms with Crippen molar-refractivity contribution in [1.29, 1.82) is 0 Å².